The largest absolute Gasteiger partial charge is 0.379 e. The molecule has 0 aliphatic carbocycles. The van der Waals surface area contributed by atoms with Crippen LogP contribution in [0, 0.1) is 11.8 Å². The lowest BCUT2D eigenvalue weighted by molar-refractivity contribution is -0.141. The predicted octanol–water partition coefficient (Wildman–Crippen LogP) is 0.869. The zero-order valence-electron chi connectivity index (χ0n) is 10.9. The van der Waals surface area contributed by atoms with Gasteiger partial charge in [0.15, 0.2) is 0 Å². The van der Waals surface area contributed by atoms with E-state index < -0.39 is 0 Å². The minimum absolute atomic E-state index is 0.190. The van der Waals surface area contributed by atoms with Crippen molar-refractivity contribution in [1.82, 2.24) is 10.2 Å². The van der Waals surface area contributed by atoms with Crippen LogP contribution in [-0.2, 0) is 9.53 Å². The van der Waals surface area contributed by atoms with E-state index in [0.717, 1.165) is 45.4 Å². The summed E-state index contributed by atoms with van der Waals surface area (Å²) in [6, 6.07) is 0. The second-order valence-electron chi connectivity index (χ2n) is 5.37. The van der Waals surface area contributed by atoms with Crippen LogP contribution in [0.1, 0.15) is 26.2 Å². The van der Waals surface area contributed by atoms with Crippen molar-refractivity contribution in [2.24, 2.45) is 11.8 Å². The molecule has 17 heavy (non-hydrogen) atoms. The number of rotatable bonds is 2. The van der Waals surface area contributed by atoms with Gasteiger partial charge in [0.1, 0.15) is 0 Å². The van der Waals surface area contributed by atoms with E-state index in [2.05, 4.69) is 12.2 Å². The number of hydrogen-bond acceptors (Lipinski definition) is 3. The van der Waals surface area contributed by atoms with E-state index in [1.807, 2.05) is 4.90 Å². The molecule has 0 saturated carbocycles. The van der Waals surface area contributed by atoms with Gasteiger partial charge in [-0.2, -0.15) is 0 Å². The number of nitrogens with one attached hydrogen (secondary N) is 1. The van der Waals surface area contributed by atoms with E-state index >= 15 is 0 Å². The molecule has 2 rings (SSSR count). The third kappa shape index (κ3) is 2.99. The molecular weight excluding hydrogens is 216 g/mol. The zero-order chi connectivity index (χ0) is 12.3. The third-order valence-electron chi connectivity index (χ3n) is 4.15. The monoisotopic (exact) mass is 240 g/mol. The molecule has 2 saturated heterocycles. The Bertz CT molecular complexity index is 264. The number of carbonyl (C=O) groups is 1. The van der Waals surface area contributed by atoms with Gasteiger partial charge in [0, 0.05) is 26.7 Å². The van der Waals surface area contributed by atoms with Crippen LogP contribution in [0.4, 0.5) is 0 Å². The van der Waals surface area contributed by atoms with Crippen LogP contribution in [0.25, 0.3) is 0 Å². The SMILES string of the molecule is COC1CN(C(=O)[C@@H]2CCCNC2)CCC1C. The molecule has 0 radical (unpaired) electrons. The number of methoxy groups -OCH3 is 1. The Morgan fingerprint density at radius 2 is 2.24 bits per heavy atom. The molecule has 2 unspecified atom stereocenters. The summed E-state index contributed by atoms with van der Waals surface area (Å²) in [4.78, 5) is 14.4. The van der Waals surface area contributed by atoms with E-state index in [0.29, 0.717) is 11.8 Å². The molecule has 0 aromatic heterocycles. The molecule has 0 spiro atoms. The van der Waals surface area contributed by atoms with E-state index in [9.17, 15) is 4.79 Å². The molecule has 2 aliphatic heterocycles. The van der Waals surface area contributed by atoms with Crippen molar-refractivity contribution in [3.8, 4) is 0 Å². The number of ether oxygens (including phenoxy) is 1. The first-order chi connectivity index (χ1) is 8.22. The lowest BCUT2D eigenvalue weighted by Crippen LogP contribution is -2.50. The van der Waals surface area contributed by atoms with Gasteiger partial charge in [-0.1, -0.05) is 6.92 Å². The first kappa shape index (κ1) is 12.8. The smallest absolute Gasteiger partial charge is 0.227 e. The third-order valence-corrected chi connectivity index (χ3v) is 4.15. The van der Waals surface area contributed by atoms with E-state index in [-0.39, 0.29) is 12.0 Å². The molecule has 1 amide bonds. The summed E-state index contributed by atoms with van der Waals surface area (Å²) in [5, 5.41) is 3.31. The summed E-state index contributed by atoms with van der Waals surface area (Å²) in [7, 11) is 1.75. The Balaban J connectivity index is 1.90. The second kappa shape index (κ2) is 5.83. The lowest BCUT2D eigenvalue weighted by Gasteiger charge is -2.38. The second-order valence-corrected chi connectivity index (χ2v) is 5.37. The highest BCUT2D eigenvalue weighted by atomic mass is 16.5. The Morgan fingerprint density at radius 1 is 1.41 bits per heavy atom. The van der Waals surface area contributed by atoms with Crippen molar-refractivity contribution in [1.29, 1.82) is 0 Å². The topological polar surface area (TPSA) is 41.6 Å². The number of hydrogen-bond donors (Lipinski definition) is 1. The van der Waals surface area contributed by atoms with E-state index in [4.69, 9.17) is 4.74 Å². The van der Waals surface area contributed by atoms with Gasteiger partial charge in [0.05, 0.1) is 12.0 Å². The molecule has 2 heterocycles. The van der Waals surface area contributed by atoms with Gasteiger partial charge in [-0.05, 0) is 31.7 Å². The summed E-state index contributed by atoms with van der Waals surface area (Å²) in [6.07, 6.45) is 3.43. The normalized spacial score (nSPS) is 34.7. The van der Waals surface area contributed by atoms with Gasteiger partial charge in [-0.3, -0.25) is 4.79 Å². The molecule has 4 heteroatoms. The zero-order valence-corrected chi connectivity index (χ0v) is 10.9. The summed E-state index contributed by atoms with van der Waals surface area (Å²) in [5.74, 6) is 1.08. The molecule has 0 aromatic rings. The predicted molar refractivity (Wildman–Crippen MR) is 66.8 cm³/mol. The lowest BCUT2D eigenvalue weighted by atomic mass is 9.92. The van der Waals surface area contributed by atoms with Gasteiger partial charge < -0.3 is 15.0 Å². The Morgan fingerprint density at radius 3 is 2.88 bits per heavy atom. The van der Waals surface area contributed by atoms with Crippen LogP contribution in [0.3, 0.4) is 0 Å². The fraction of sp³-hybridized carbons (Fsp3) is 0.923. The molecule has 2 fully saturated rings. The molecule has 3 atom stereocenters. The summed E-state index contributed by atoms with van der Waals surface area (Å²) >= 11 is 0. The highest BCUT2D eigenvalue weighted by Gasteiger charge is 2.32. The maximum Gasteiger partial charge on any atom is 0.227 e. The quantitative estimate of drug-likeness (QED) is 0.778. The van der Waals surface area contributed by atoms with Gasteiger partial charge in [-0.15, -0.1) is 0 Å². The molecule has 2 aliphatic rings. The van der Waals surface area contributed by atoms with Crippen LogP contribution in [0.15, 0.2) is 0 Å². The first-order valence-corrected chi connectivity index (χ1v) is 6.74. The molecule has 0 bridgehead atoms. The Hall–Kier alpha value is -0.610. The van der Waals surface area contributed by atoms with Crippen molar-refractivity contribution in [3.63, 3.8) is 0 Å². The Kier molecular flexibility index (Phi) is 4.40. The molecular formula is C13H24N2O2. The van der Waals surface area contributed by atoms with E-state index in [1.165, 1.54) is 0 Å². The van der Waals surface area contributed by atoms with Crippen molar-refractivity contribution in [2.45, 2.75) is 32.3 Å². The summed E-state index contributed by atoms with van der Waals surface area (Å²) in [5.41, 5.74) is 0. The highest BCUT2D eigenvalue weighted by Crippen LogP contribution is 2.22. The van der Waals surface area contributed by atoms with Crippen LogP contribution >= 0.6 is 0 Å². The summed E-state index contributed by atoms with van der Waals surface area (Å²) in [6.45, 7) is 5.78. The highest BCUT2D eigenvalue weighted by molar-refractivity contribution is 5.79. The number of likely N-dealkylation sites (tertiary alicyclic amines) is 1. The van der Waals surface area contributed by atoms with Crippen LogP contribution in [0.5, 0.6) is 0 Å². The molecule has 98 valence electrons. The first-order valence-electron chi connectivity index (χ1n) is 6.74. The van der Waals surface area contributed by atoms with Crippen molar-refractivity contribution >= 4 is 5.91 Å². The maximum atomic E-state index is 12.4. The van der Waals surface area contributed by atoms with Crippen LogP contribution in [0.2, 0.25) is 0 Å². The van der Waals surface area contributed by atoms with Crippen LogP contribution in [-0.4, -0.2) is 50.2 Å². The van der Waals surface area contributed by atoms with Gasteiger partial charge >= 0.3 is 0 Å². The fourth-order valence-electron chi connectivity index (χ4n) is 2.86. The Labute approximate surface area is 104 Å². The van der Waals surface area contributed by atoms with Crippen molar-refractivity contribution < 1.29 is 9.53 Å². The number of piperidine rings is 2. The minimum Gasteiger partial charge on any atom is -0.379 e. The summed E-state index contributed by atoms with van der Waals surface area (Å²) < 4.78 is 5.46. The van der Waals surface area contributed by atoms with E-state index in [1.54, 1.807) is 7.11 Å². The molecule has 4 nitrogen and oxygen atoms in total. The minimum atomic E-state index is 0.190. The standard InChI is InChI=1S/C13H24N2O2/c1-10-5-7-15(9-12(10)17-2)13(16)11-4-3-6-14-8-11/h10-12,14H,3-9H2,1-2H3/t10?,11-,12?/m1/s1. The van der Waals surface area contributed by atoms with Gasteiger partial charge in [0.2, 0.25) is 5.91 Å². The fourth-order valence-corrected chi connectivity index (χ4v) is 2.86. The number of carbonyl (C=O) groups excluding carboxylic acids is 1. The van der Waals surface area contributed by atoms with Crippen molar-refractivity contribution in [2.75, 3.05) is 33.3 Å². The van der Waals surface area contributed by atoms with Gasteiger partial charge in [0.25, 0.3) is 0 Å². The number of amides is 1. The molecule has 0 aromatic carbocycles. The average Bonchev–Trinajstić information content (AvgIpc) is 2.39. The maximum absolute atomic E-state index is 12.4. The van der Waals surface area contributed by atoms with Crippen LogP contribution < -0.4 is 5.32 Å². The van der Waals surface area contributed by atoms with Gasteiger partial charge in [-0.25, -0.2) is 0 Å². The average molecular weight is 240 g/mol. The molecule has 1 N–H and O–H groups in total. The number of nitrogens with zero attached hydrogens (tertiary/aromatic N) is 1. The van der Waals surface area contributed by atoms with Crippen molar-refractivity contribution in [3.05, 3.63) is 0 Å².